The molecule has 0 saturated heterocycles. The molecule has 112 valence electrons. The van der Waals surface area contributed by atoms with Gasteiger partial charge in [0.15, 0.2) is 4.21 Å². The first kappa shape index (κ1) is 15.5. The van der Waals surface area contributed by atoms with E-state index < -0.39 is 25.5 Å². The molecule has 0 bridgehead atoms. The zero-order chi connectivity index (χ0) is 15.8. The first-order chi connectivity index (χ1) is 9.70. The van der Waals surface area contributed by atoms with Gasteiger partial charge in [0.25, 0.3) is 15.7 Å². The summed E-state index contributed by atoms with van der Waals surface area (Å²) >= 11 is 6.22. The summed E-state index contributed by atoms with van der Waals surface area (Å²) in [5.41, 5.74) is -0.557. The second-order valence-electron chi connectivity index (χ2n) is 3.95. The van der Waals surface area contributed by atoms with E-state index in [0.717, 1.165) is 12.1 Å². The molecule has 0 unspecified atom stereocenters. The predicted molar refractivity (Wildman–Crippen MR) is 78.6 cm³/mol. The van der Waals surface area contributed by atoms with Gasteiger partial charge in [-0.05, 0) is 19.1 Å². The molecular formula is C10H8ClN3O5S2. The Bertz CT molecular complexity index is 871. The highest BCUT2D eigenvalue weighted by Gasteiger charge is 2.24. The molecule has 0 aliphatic carbocycles. The van der Waals surface area contributed by atoms with Crippen molar-refractivity contribution in [2.24, 2.45) is 0 Å². The number of aromatic amines is 1. The van der Waals surface area contributed by atoms with Crippen LogP contribution in [0.5, 0.6) is 0 Å². The molecule has 0 aliphatic heterocycles. The standard InChI is InChI=1S/C10H8ClN3O5S2/c1-5-9(20-10(15)12-5)21(18,19)13-7-4-6(11)2-3-8(7)14(16)17/h2-4,13H,1H3,(H,12,15). The van der Waals surface area contributed by atoms with Gasteiger partial charge in [0.2, 0.25) is 0 Å². The van der Waals surface area contributed by atoms with Gasteiger partial charge in [-0.15, -0.1) is 0 Å². The number of nitro benzene ring substituents is 1. The number of H-pyrrole nitrogens is 1. The van der Waals surface area contributed by atoms with E-state index in [1.54, 1.807) is 0 Å². The van der Waals surface area contributed by atoms with E-state index in [4.69, 9.17) is 11.6 Å². The lowest BCUT2D eigenvalue weighted by Crippen LogP contribution is -2.14. The molecule has 0 saturated carbocycles. The summed E-state index contributed by atoms with van der Waals surface area (Å²) in [5, 5.41) is 11.0. The van der Waals surface area contributed by atoms with Crippen LogP contribution < -0.4 is 9.60 Å². The second-order valence-corrected chi connectivity index (χ2v) is 7.25. The van der Waals surface area contributed by atoms with Crippen LogP contribution in [0.3, 0.4) is 0 Å². The monoisotopic (exact) mass is 349 g/mol. The van der Waals surface area contributed by atoms with Crippen LogP contribution in [0.15, 0.2) is 27.2 Å². The van der Waals surface area contributed by atoms with Gasteiger partial charge in [-0.25, -0.2) is 8.42 Å². The Morgan fingerprint density at radius 3 is 2.62 bits per heavy atom. The highest BCUT2D eigenvalue weighted by molar-refractivity contribution is 7.94. The molecule has 1 aromatic heterocycles. The van der Waals surface area contributed by atoms with Gasteiger partial charge in [-0.1, -0.05) is 22.9 Å². The Labute approximate surface area is 127 Å². The molecule has 1 heterocycles. The van der Waals surface area contributed by atoms with Crippen molar-refractivity contribution in [1.29, 1.82) is 0 Å². The van der Waals surface area contributed by atoms with Gasteiger partial charge in [0.05, 0.1) is 4.92 Å². The molecule has 21 heavy (non-hydrogen) atoms. The van der Waals surface area contributed by atoms with Crippen LogP contribution in [0.1, 0.15) is 5.69 Å². The average molecular weight is 350 g/mol. The minimum Gasteiger partial charge on any atom is -0.315 e. The van der Waals surface area contributed by atoms with Crippen molar-refractivity contribution < 1.29 is 13.3 Å². The Morgan fingerprint density at radius 2 is 2.10 bits per heavy atom. The number of anilines is 1. The van der Waals surface area contributed by atoms with E-state index in [-0.39, 0.29) is 20.6 Å². The Balaban J connectivity index is 2.51. The van der Waals surface area contributed by atoms with E-state index in [1.165, 1.54) is 13.0 Å². The summed E-state index contributed by atoms with van der Waals surface area (Å²) < 4.78 is 26.2. The molecule has 0 spiro atoms. The fraction of sp³-hybridized carbons (Fsp3) is 0.100. The SMILES string of the molecule is Cc1[nH]c(=O)sc1S(=O)(=O)Nc1cc(Cl)ccc1[N+](=O)[O-]. The van der Waals surface area contributed by atoms with Crippen LogP contribution in [0, 0.1) is 17.0 Å². The highest BCUT2D eigenvalue weighted by Crippen LogP contribution is 2.30. The molecule has 0 fully saturated rings. The van der Waals surface area contributed by atoms with Crippen molar-refractivity contribution in [2.45, 2.75) is 11.1 Å². The van der Waals surface area contributed by atoms with Crippen LogP contribution in [0.2, 0.25) is 5.02 Å². The number of thiazole rings is 1. The number of rotatable bonds is 4. The van der Waals surface area contributed by atoms with Crippen LogP contribution in [0.4, 0.5) is 11.4 Å². The Kier molecular flexibility index (Phi) is 4.03. The van der Waals surface area contributed by atoms with E-state index in [9.17, 15) is 23.3 Å². The number of hydrogen-bond donors (Lipinski definition) is 2. The summed E-state index contributed by atoms with van der Waals surface area (Å²) in [7, 11) is -4.12. The van der Waals surface area contributed by atoms with Crippen molar-refractivity contribution in [3.63, 3.8) is 0 Å². The van der Waals surface area contributed by atoms with E-state index in [1.807, 2.05) is 0 Å². The third kappa shape index (κ3) is 3.23. The van der Waals surface area contributed by atoms with Crippen molar-refractivity contribution in [1.82, 2.24) is 4.98 Å². The quantitative estimate of drug-likeness (QED) is 0.646. The maximum absolute atomic E-state index is 12.2. The lowest BCUT2D eigenvalue weighted by atomic mass is 10.3. The molecule has 1 aromatic carbocycles. The molecular weight excluding hydrogens is 342 g/mol. The topological polar surface area (TPSA) is 122 Å². The zero-order valence-electron chi connectivity index (χ0n) is 10.4. The number of sulfonamides is 1. The van der Waals surface area contributed by atoms with Crippen molar-refractivity contribution in [3.8, 4) is 0 Å². The summed E-state index contributed by atoms with van der Waals surface area (Å²) in [6.45, 7) is 1.42. The summed E-state index contributed by atoms with van der Waals surface area (Å²) in [6, 6.07) is 3.49. The van der Waals surface area contributed by atoms with E-state index in [2.05, 4.69) is 9.71 Å². The Hall–Kier alpha value is -1.91. The third-order valence-electron chi connectivity index (χ3n) is 2.42. The van der Waals surface area contributed by atoms with Crippen molar-refractivity contribution in [3.05, 3.63) is 48.7 Å². The minimum absolute atomic E-state index is 0.136. The first-order valence-corrected chi connectivity index (χ1v) is 8.05. The van der Waals surface area contributed by atoms with Crippen LogP contribution >= 0.6 is 22.9 Å². The van der Waals surface area contributed by atoms with Gasteiger partial charge < -0.3 is 4.98 Å². The van der Waals surface area contributed by atoms with Crippen LogP contribution in [-0.2, 0) is 10.0 Å². The maximum atomic E-state index is 12.2. The number of aromatic nitrogens is 1. The number of nitrogens with zero attached hydrogens (tertiary/aromatic N) is 1. The minimum atomic E-state index is -4.12. The van der Waals surface area contributed by atoms with Crippen LogP contribution in [0.25, 0.3) is 0 Å². The number of hydrogen-bond acceptors (Lipinski definition) is 6. The van der Waals surface area contributed by atoms with Crippen LogP contribution in [-0.4, -0.2) is 18.3 Å². The number of halogens is 1. The summed E-state index contributed by atoms with van der Waals surface area (Å²) in [6.07, 6.45) is 0. The number of aryl methyl sites for hydroxylation is 1. The molecule has 11 heteroatoms. The van der Waals surface area contributed by atoms with Crippen molar-refractivity contribution in [2.75, 3.05) is 4.72 Å². The largest absolute Gasteiger partial charge is 0.315 e. The average Bonchev–Trinajstić information content (AvgIpc) is 2.68. The van der Waals surface area contributed by atoms with Gasteiger partial charge >= 0.3 is 4.87 Å². The smallest absolute Gasteiger partial charge is 0.306 e. The summed E-state index contributed by atoms with van der Waals surface area (Å²) in [5.74, 6) is 0. The van der Waals surface area contributed by atoms with E-state index >= 15 is 0 Å². The fourth-order valence-electron chi connectivity index (χ4n) is 1.59. The molecule has 8 nitrogen and oxygen atoms in total. The van der Waals surface area contributed by atoms with Crippen molar-refractivity contribution >= 4 is 44.3 Å². The van der Waals surface area contributed by atoms with E-state index in [0.29, 0.717) is 11.3 Å². The molecule has 0 atom stereocenters. The number of benzene rings is 1. The predicted octanol–water partition coefficient (Wildman–Crippen LogP) is 2.11. The highest BCUT2D eigenvalue weighted by atomic mass is 35.5. The fourth-order valence-corrected chi connectivity index (χ4v) is 4.13. The van der Waals surface area contributed by atoms with Gasteiger partial charge in [-0.2, -0.15) is 0 Å². The molecule has 0 amide bonds. The lowest BCUT2D eigenvalue weighted by molar-refractivity contribution is -0.383. The lowest BCUT2D eigenvalue weighted by Gasteiger charge is -2.07. The molecule has 0 radical (unpaired) electrons. The second kappa shape index (κ2) is 5.47. The first-order valence-electron chi connectivity index (χ1n) is 5.37. The number of nitro groups is 1. The molecule has 2 rings (SSSR count). The summed E-state index contributed by atoms with van der Waals surface area (Å²) in [4.78, 5) is 23.1. The molecule has 2 N–H and O–H groups in total. The molecule has 2 aromatic rings. The number of nitrogens with one attached hydrogen (secondary N) is 2. The van der Waals surface area contributed by atoms with Gasteiger partial charge in [0, 0.05) is 16.8 Å². The van der Waals surface area contributed by atoms with Gasteiger partial charge in [0.1, 0.15) is 5.69 Å². The van der Waals surface area contributed by atoms with Gasteiger partial charge in [-0.3, -0.25) is 19.6 Å². The zero-order valence-corrected chi connectivity index (χ0v) is 12.8. The maximum Gasteiger partial charge on any atom is 0.306 e. The normalized spacial score (nSPS) is 11.3. The molecule has 0 aliphatic rings. The third-order valence-corrected chi connectivity index (χ3v) is 5.63. The Morgan fingerprint density at radius 1 is 1.43 bits per heavy atom.